The quantitative estimate of drug-likeness (QED) is 0.177. The van der Waals surface area contributed by atoms with Crippen molar-refractivity contribution in [3.05, 3.63) is 76.6 Å². The lowest BCUT2D eigenvalue weighted by Crippen LogP contribution is -2.18. The van der Waals surface area contributed by atoms with E-state index in [2.05, 4.69) is 4.85 Å². The Morgan fingerprint density at radius 1 is 0.897 bits per heavy atom. The maximum absolute atomic E-state index is 12.2. The van der Waals surface area contributed by atoms with Gasteiger partial charge in [-0.2, -0.15) is 0 Å². The molecule has 2 aromatic carbocycles. The second-order valence-electron chi connectivity index (χ2n) is 5.62. The predicted octanol–water partition coefficient (Wildman–Crippen LogP) is 3.97. The highest BCUT2D eigenvalue weighted by molar-refractivity contribution is 6.17. The molecule has 0 atom stereocenters. The fourth-order valence-corrected chi connectivity index (χ4v) is 2.26. The lowest BCUT2D eigenvalue weighted by molar-refractivity contribution is -0.146. The van der Waals surface area contributed by atoms with Gasteiger partial charge in [-0.05, 0) is 49.8 Å². The van der Waals surface area contributed by atoms with Crippen LogP contribution in [0, 0.1) is 6.57 Å². The number of hydrogen-bond donors (Lipinski definition) is 0. The first kappa shape index (κ1) is 21.4. The van der Waals surface area contributed by atoms with Crippen LogP contribution in [0.2, 0.25) is 0 Å². The van der Waals surface area contributed by atoms with Crippen LogP contribution in [-0.4, -0.2) is 31.1 Å². The van der Waals surface area contributed by atoms with Crippen LogP contribution >= 0.6 is 0 Å². The van der Waals surface area contributed by atoms with Gasteiger partial charge in [0.1, 0.15) is 11.3 Å². The van der Waals surface area contributed by atoms with Gasteiger partial charge in [0.05, 0.1) is 25.3 Å². The number of rotatable bonds is 7. The largest absolute Gasteiger partial charge is 0.462 e. The van der Waals surface area contributed by atoms with Gasteiger partial charge in [-0.15, -0.1) is 0 Å². The fourth-order valence-electron chi connectivity index (χ4n) is 2.26. The minimum Gasteiger partial charge on any atom is -0.462 e. The van der Waals surface area contributed by atoms with Crippen molar-refractivity contribution in [1.82, 2.24) is 0 Å². The molecule has 0 fully saturated rings. The van der Waals surface area contributed by atoms with E-state index in [4.69, 9.17) is 20.8 Å². The molecular formula is C22H19NO6. The Morgan fingerprint density at radius 3 is 1.93 bits per heavy atom. The van der Waals surface area contributed by atoms with Crippen molar-refractivity contribution in [2.75, 3.05) is 13.2 Å². The number of carbonyl (C=O) groups excluding carboxylic acids is 3. The molecule has 0 unspecified atom stereocenters. The van der Waals surface area contributed by atoms with Gasteiger partial charge in [0.15, 0.2) is 5.69 Å². The summed E-state index contributed by atoms with van der Waals surface area (Å²) in [7, 11) is 0. The van der Waals surface area contributed by atoms with Crippen LogP contribution in [0.15, 0.2) is 54.1 Å². The first-order chi connectivity index (χ1) is 14.0. The molecule has 0 spiro atoms. The Hall–Kier alpha value is -3.92. The van der Waals surface area contributed by atoms with Crippen LogP contribution < -0.4 is 4.74 Å². The molecule has 0 N–H and O–H groups in total. The third kappa shape index (κ3) is 6.04. The van der Waals surface area contributed by atoms with E-state index in [-0.39, 0.29) is 24.4 Å². The molecule has 0 aromatic heterocycles. The summed E-state index contributed by atoms with van der Waals surface area (Å²) in [5, 5.41) is 0. The van der Waals surface area contributed by atoms with Crippen molar-refractivity contribution in [2.45, 2.75) is 13.8 Å². The van der Waals surface area contributed by atoms with E-state index in [0.29, 0.717) is 17.0 Å². The second kappa shape index (κ2) is 10.4. The van der Waals surface area contributed by atoms with E-state index in [9.17, 15) is 14.4 Å². The fraction of sp³-hybridized carbons (Fsp3) is 0.182. The Balaban J connectivity index is 2.16. The van der Waals surface area contributed by atoms with E-state index in [1.807, 2.05) is 0 Å². The summed E-state index contributed by atoms with van der Waals surface area (Å²) in [4.78, 5) is 39.5. The van der Waals surface area contributed by atoms with Crippen molar-refractivity contribution in [2.24, 2.45) is 0 Å². The molecular weight excluding hydrogens is 374 g/mol. The summed E-state index contributed by atoms with van der Waals surface area (Å²) in [6.45, 7) is 10.4. The zero-order chi connectivity index (χ0) is 21.2. The highest BCUT2D eigenvalue weighted by Gasteiger charge is 2.21. The Labute approximate surface area is 168 Å². The minimum atomic E-state index is -0.780. The van der Waals surface area contributed by atoms with Crippen LogP contribution in [0.3, 0.4) is 0 Å². The van der Waals surface area contributed by atoms with E-state index in [1.54, 1.807) is 38.1 Å². The van der Waals surface area contributed by atoms with Crippen molar-refractivity contribution < 1.29 is 28.6 Å². The summed E-state index contributed by atoms with van der Waals surface area (Å²) >= 11 is 0. The van der Waals surface area contributed by atoms with Crippen molar-refractivity contribution in [3.63, 3.8) is 0 Å². The van der Waals surface area contributed by atoms with E-state index >= 15 is 0 Å². The highest BCUT2D eigenvalue weighted by Crippen LogP contribution is 2.19. The van der Waals surface area contributed by atoms with Crippen molar-refractivity contribution >= 4 is 29.7 Å². The second-order valence-corrected chi connectivity index (χ2v) is 5.62. The summed E-state index contributed by atoms with van der Waals surface area (Å²) in [6, 6.07) is 12.3. The molecule has 29 heavy (non-hydrogen) atoms. The van der Waals surface area contributed by atoms with Gasteiger partial charge < -0.3 is 14.2 Å². The van der Waals surface area contributed by atoms with Gasteiger partial charge in [0, 0.05) is 0 Å². The molecule has 0 aliphatic heterocycles. The molecule has 2 rings (SSSR count). The van der Waals surface area contributed by atoms with Gasteiger partial charge in [-0.25, -0.2) is 19.2 Å². The molecule has 0 heterocycles. The molecule has 0 bridgehead atoms. The van der Waals surface area contributed by atoms with Gasteiger partial charge in [0.25, 0.3) is 0 Å². The van der Waals surface area contributed by atoms with Crippen LogP contribution in [0.5, 0.6) is 5.75 Å². The summed E-state index contributed by atoms with van der Waals surface area (Å²) in [5.74, 6) is -1.82. The molecule has 0 saturated carbocycles. The van der Waals surface area contributed by atoms with Gasteiger partial charge in [0.2, 0.25) is 0 Å². The number of benzene rings is 2. The first-order valence-corrected chi connectivity index (χ1v) is 8.84. The number of esters is 3. The minimum absolute atomic E-state index is 0.122. The Morgan fingerprint density at radius 2 is 1.45 bits per heavy atom. The van der Waals surface area contributed by atoms with Crippen LogP contribution in [-0.2, 0) is 19.1 Å². The van der Waals surface area contributed by atoms with Crippen molar-refractivity contribution in [3.8, 4) is 5.75 Å². The molecule has 0 aliphatic carbocycles. The topological polar surface area (TPSA) is 83.3 Å². The molecule has 7 heteroatoms. The SMILES string of the molecule is [C-]#[N+]c1ccc(OC(=O)c2ccc(C=C(C(=O)OCC)C(=O)OCC)cc2)cc1. The van der Waals surface area contributed by atoms with Crippen LogP contribution in [0.4, 0.5) is 5.69 Å². The number of ether oxygens (including phenoxy) is 3. The van der Waals surface area contributed by atoms with E-state index in [0.717, 1.165) is 0 Å². The van der Waals surface area contributed by atoms with Crippen LogP contribution in [0.1, 0.15) is 29.8 Å². The van der Waals surface area contributed by atoms with Crippen LogP contribution in [0.25, 0.3) is 10.9 Å². The Kier molecular flexibility index (Phi) is 7.68. The normalized spacial score (nSPS) is 9.69. The monoisotopic (exact) mass is 393 g/mol. The smallest absolute Gasteiger partial charge is 0.345 e. The standard InChI is InChI=1S/C22H19NO6/c1-4-27-21(25)19(22(26)28-5-2)14-15-6-8-16(9-7-15)20(24)29-18-12-10-17(23-3)11-13-18/h6-14H,4-5H2,1-2H3. The van der Waals surface area contributed by atoms with Crippen molar-refractivity contribution in [1.29, 1.82) is 0 Å². The molecule has 0 aliphatic rings. The Bertz CT molecular complexity index is 932. The molecule has 7 nitrogen and oxygen atoms in total. The molecule has 0 saturated heterocycles. The van der Waals surface area contributed by atoms with Gasteiger partial charge in [-0.3, -0.25) is 0 Å². The average Bonchev–Trinajstić information content (AvgIpc) is 2.73. The summed E-state index contributed by atoms with van der Waals surface area (Å²) in [6.07, 6.45) is 1.34. The molecule has 0 amide bonds. The lowest BCUT2D eigenvalue weighted by Gasteiger charge is -2.07. The maximum Gasteiger partial charge on any atom is 0.345 e. The number of nitrogens with zero attached hydrogens (tertiary/aromatic N) is 1. The third-order valence-corrected chi connectivity index (χ3v) is 3.62. The zero-order valence-electron chi connectivity index (χ0n) is 16.0. The first-order valence-electron chi connectivity index (χ1n) is 8.84. The molecule has 0 radical (unpaired) electrons. The zero-order valence-corrected chi connectivity index (χ0v) is 16.0. The molecule has 2 aromatic rings. The highest BCUT2D eigenvalue weighted by atomic mass is 16.6. The van der Waals surface area contributed by atoms with Gasteiger partial charge in [-0.1, -0.05) is 24.3 Å². The number of carbonyl (C=O) groups is 3. The third-order valence-electron chi connectivity index (χ3n) is 3.62. The van der Waals surface area contributed by atoms with E-state index in [1.165, 1.54) is 30.3 Å². The maximum atomic E-state index is 12.2. The summed E-state index contributed by atoms with van der Waals surface area (Å²) < 4.78 is 15.0. The van der Waals surface area contributed by atoms with Gasteiger partial charge >= 0.3 is 17.9 Å². The lowest BCUT2D eigenvalue weighted by atomic mass is 10.1. The summed E-state index contributed by atoms with van der Waals surface area (Å²) in [5.41, 5.74) is 1.01. The predicted molar refractivity (Wildman–Crippen MR) is 105 cm³/mol. The average molecular weight is 393 g/mol. The molecule has 148 valence electrons. The van der Waals surface area contributed by atoms with E-state index < -0.39 is 17.9 Å². The number of hydrogen-bond acceptors (Lipinski definition) is 6.